The van der Waals surface area contributed by atoms with Gasteiger partial charge < -0.3 is 15.1 Å². The lowest BCUT2D eigenvalue weighted by molar-refractivity contribution is 0.0746. The summed E-state index contributed by atoms with van der Waals surface area (Å²) < 4.78 is 14.0. The molecule has 3 aromatic rings. The quantitative estimate of drug-likeness (QED) is 0.724. The van der Waals surface area contributed by atoms with Gasteiger partial charge in [0.05, 0.1) is 11.3 Å². The molecule has 1 aliphatic rings. The third-order valence-electron chi connectivity index (χ3n) is 4.95. The van der Waals surface area contributed by atoms with Crippen molar-refractivity contribution in [3.8, 4) is 0 Å². The van der Waals surface area contributed by atoms with Gasteiger partial charge in [0, 0.05) is 45.1 Å². The first kappa shape index (κ1) is 18.9. The number of nitrogens with zero attached hydrogens (tertiary/aromatic N) is 4. The minimum absolute atomic E-state index is 0.104. The van der Waals surface area contributed by atoms with E-state index in [1.54, 1.807) is 29.4 Å². The number of benzene rings is 2. The van der Waals surface area contributed by atoms with Crippen LogP contribution in [0.4, 0.5) is 16.0 Å². The molecule has 29 heavy (non-hydrogen) atoms. The van der Waals surface area contributed by atoms with Crippen molar-refractivity contribution >= 4 is 17.5 Å². The SMILES string of the molecule is O=C(c1cnc(NCc2ccccc2)nc1)N1CCN(c2ccccc2F)CC1. The van der Waals surface area contributed by atoms with Gasteiger partial charge in [-0.1, -0.05) is 42.5 Å². The molecular weight excluding hydrogens is 369 g/mol. The second-order valence-electron chi connectivity index (χ2n) is 6.87. The molecular formula is C22H22FN5O. The first-order chi connectivity index (χ1) is 14.2. The van der Waals surface area contributed by atoms with Crippen molar-refractivity contribution in [2.45, 2.75) is 6.54 Å². The number of carbonyl (C=O) groups excluding carboxylic acids is 1. The molecule has 1 saturated heterocycles. The Morgan fingerprint density at radius 3 is 2.28 bits per heavy atom. The molecule has 0 spiro atoms. The van der Waals surface area contributed by atoms with E-state index in [-0.39, 0.29) is 11.7 Å². The van der Waals surface area contributed by atoms with Crippen LogP contribution in [0, 0.1) is 5.82 Å². The van der Waals surface area contributed by atoms with Crippen molar-refractivity contribution in [2.75, 3.05) is 36.4 Å². The van der Waals surface area contributed by atoms with Gasteiger partial charge in [-0.05, 0) is 17.7 Å². The van der Waals surface area contributed by atoms with E-state index >= 15 is 0 Å². The minimum atomic E-state index is -0.237. The Hall–Kier alpha value is -3.48. The summed E-state index contributed by atoms with van der Waals surface area (Å²) >= 11 is 0. The molecule has 0 aliphatic carbocycles. The van der Waals surface area contributed by atoms with Gasteiger partial charge in [-0.2, -0.15) is 0 Å². The molecule has 2 heterocycles. The monoisotopic (exact) mass is 391 g/mol. The molecule has 1 aromatic heterocycles. The van der Waals surface area contributed by atoms with Crippen molar-refractivity contribution in [1.82, 2.24) is 14.9 Å². The summed E-state index contributed by atoms with van der Waals surface area (Å²) in [6, 6.07) is 16.7. The van der Waals surface area contributed by atoms with Gasteiger partial charge in [-0.25, -0.2) is 14.4 Å². The van der Waals surface area contributed by atoms with Crippen molar-refractivity contribution < 1.29 is 9.18 Å². The molecule has 0 saturated carbocycles. The number of para-hydroxylation sites is 1. The molecule has 0 atom stereocenters. The maximum Gasteiger partial charge on any atom is 0.257 e. The smallest absolute Gasteiger partial charge is 0.257 e. The number of aromatic nitrogens is 2. The van der Waals surface area contributed by atoms with E-state index < -0.39 is 0 Å². The van der Waals surface area contributed by atoms with E-state index in [1.807, 2.05) is 41.3 Å². The highest BCUT2D eigenvalue weighted by molar-refractivity contribution is 5.93. The average molecular weight is 391 g/mol. The van der Waals surface area contributed by atoms with Gasteiger partial charge in [0.25, 0.3) is 5.91 Å². The number of hydrogen-bond donors (Lipinski definition) is 1. The zero-order valence-electron chi connectivity index (χ0n) is 16.0. The second kappa shape index (κ2) is 8.68. The largest absolute Gasteiger partial charge is 0.366 e. The van der Waals surface area contributed by atoms with Crippen LogP contribution in [-0.4, -0.2) is 47.0 Å². The molecule has 4 rings (SSSR count). The molecule has 7 heteroatoms. The predicted octanol–water partition coefficient (Wildman–Crippen LogP) is 3.19. The van der Waals surface area contributed by atoms with E-state index in [1.165, 1.54) is 6.07 Å². The maximum atomic E-state index is 14.0. The summed E-state index contributed by atoms with van der Waals surface area (Å²) in [4.78, 5) is 25.0. The fourth-order valence-corrected chi connectivity index (χ4v) is 3.35. The van der Waals surface area contributed by atoms with Crippen molar-refractivity contribution in [3.63, 3.8) is 0 Å². The van der Waals surface area contributed by atoms with E-state index in [0.29, 0.717) is 49.9 Å². The van der Waals surface area contributed by atoms with Gasteiger partial charge in [-0.15, -0.1) is 0 Å². The van der Waals surface area contributed by atoms with Crippen LogP contribution in [0.2, 0.25) is 0 Å². The molecule has 0 unspecified atom stereocenters. The first-order valence-electron chi connectivity index (χ1n) is 9.59. The summed E-state index contributed by atoms with van der Waals surface area (Å²) in [7, 11) is 0. The normalized spacial score (nSPS) is 14.0. The topological polar surface area (TPSA) is 61.4 Å². The Kier molecular flexibility index (Phi) is 5.65. The lowest BCUT2D eigenvalue weighted by Crippen LogP contribution is -2.49. The predicted molar refractivity (Wildman–Crippen MR) is 110 cm³/mol. The Morgan fingerprint density at radius 2 is 1.59 bits per heavy atom. The molecule has 2 aromatic carbocycles. The molecule has 6 nitrogen and oxygen atoms in total. The second-order valence-corrected chi connectivity index (χ2v) is 6.87. The Morgan fingerprint density at radius 1 is 0.931 bits per heavy atom. The third-order valence-corrected chi connectivity index (χ3v) is 4.95. The van der Waals surface area contributed by atoms with Gasteiger partial charge in [0.2, 0.25) is 5.95 Å². The molecule has 148 valence electrons. The first-order valence-corrected chi connectivity index (χ1v) is 9.59. The van der Waals surface area contributed by atoms with Gasteiger partial charge in [0.15, 0.2) is 0 Å². The van der Waals surface area contributed by atoms with Gasteiger partial charge >= 0.3 is 0 Å². The molecule has 0 bridgehead atoms. The van der Waals surface area contributed by atoms with Gasteiger partial charge in [-0.3, -0.25) is 4.79 Å². The number of nitrogens with one attached hydrogen (secondary N) is 1. The van der Waals surface area contributed by atoms with Gasteiger partial charge in [0.1, 0.15) is 5.82 Å². The van der Waals surface area contributed by atoms with Crippen LogP contribution in [0.3, 0.4) is 0 Å². The van der Waals surface area contributed by atoms with Crippen LogP contribution in [0.25, 0.3) is 0 Å². The number of halogens is 1. The average Bonchev–Trinajstić information content (AvgIpc) is 2.79. The summed E-state index contributed by atoms with van der Waals surface area (Å²) in [5.41, 5.74) is 2.16. The molecule has 1 fully saturated rings. The molecule has 1 amide bonds. The van der Waals surface area contributed by atoms with Crippen molar-refractivity contribution in [2.24, 2.45) is 0 Å². The van der Waals surface area contributed by atoms with E-state index in [0.717, 1.165) is 5.56 Å². The lowest BCUT2D eigenvalue weighted by atomic mass is 10.2. The summed E-state index contributed by atoms with van der Waals surface area (Å²) in [5, 5.41) is 3.15. The molecule has 1 aliphatic heterocycles. The summed E-state index contributed by atoms with van der Waals surface area (Å²) in [5.74, 6) is 0.141. The fourth-order valence-electron chi connectivity index (χ4n) is 3.35. The Bertz CT molecular complexity index is 956. The van der Waals surface area contributed by atoms with E-state index in [2.05, 4.69) is 15.3 Å². The Labute approximate surface area is 169 Å². The highest BCUT2D eigenvalue weighted by Crippen LogP contribution is 2.20. The third kappa shape index (κ3) is 4.51. The van der Waals surface area contributed by atoms with E-state index in [9.17, 15) is 9.18 Å². The van der Waals surface area contributed by atoms with Crippen LogP contribution in [0.1, 0.15) is 15.9 Å². The molecule has 0 radical (unpaired) electrons. The van der Waals surface area contributed by atoms with Crippen LogP contribution in [0.5, 0.6) is 0 Å². The van der Waals surface area contributed by atoms with Crippen molar-refractivity contribution in [3.05, 3.63) is 83.9 Å². The van der Waals surface area contributed by atoms with E-state index in [4.69, 9.17) is 0 Å². The van der Waals surface area contributed by atoms with Crippen molar-refractivity contribution in [1.29, 1.82) is 0 Å². The standard InChI is InChI=1S/C22H22FN5O/c23-19-8-4-5-9-20(19)27-10-12-28(13-11-27)21(29)18-15-25-22(26-16-18)24-14-17-6-2-1-3-7-17/h1-9,15-16H,10-14H2,(H,24,25,26). The number of piperazine rings is 1. The number of amides is 1. The van der Waals surface area contributed by atoms with Crippen LogP contribution < -0.4 is 10.2 Å². The fraction of sp³-hybridized carbons (Fsp3) is 0.227. The van der Waals surface area contributed by atoms with Crippen LogP contribution >= 0.6 is 0 Å². The summed E-state index contributed by atoms with van der Waals surface area (Å²) in [6.45, 7) is 2.85. The summed E-state index contributed by atoms with van der Waals surface area (Å²) in [6.07, 6.45) is 3.10. The van der Waals surface area contributed by atoms with Crippen LogP contribution in [-0.2, 0) is 6.54 Å². The highest BCUT2D eigenvalue weighted by Gasteiger charge is 2.24. The number of rotatable bonds is 5. The highest BCUT2D eigenvalue weighted by atomic mass is 19.1. The van der Waals surface area contributed by atoms with Crippen LogP contribution in [0.15, 0.2) is 67.0 Å². The minimum Gasteiger partial charge on any atom is -0.366 e. The number of carbonyl (C=O) groups is 1. The zero-order chi connectivity index (χ0) is 20.1. The molecule has 1 N–H and O–H groups in total. The maximum absolute atomic E-state index is 14.0. The lowest BCUT2D eigenvalue weighted by Gasteiger charge is -2.36. The zero-order valence-corrected chi connectivity index (χ0v) is 16.0. The Balaban J connectivity index is 1.32. The number of anilines is 2. The number of hydrogen-bond acceptors (Lipinski definition) is 5.